The van der Waals surface area contributed by atoms with Crippen LogP contribution in [0.5, 0.6) is 0 Å². The summed E-state index contributed by atoms with van der Waals surface area (Å²) in [6.07, 6.45) is 37.0. The number of phosphoric acid groups is 1. The van der Waals surface area contributed by atoms with Crippen molar-refractivity contribution in [1.29, 1.82) is 0 Å². The summed E-state index contributed by atoms with van der Waals surface area (Å²) in [7, 11) is 1.58. The highest BCUT2D eigenvalue weighted by Gasteiger charge is 2.27. The number of allylic oxidation sites excluding steroid dienone is 1. The summed E-state index contributed by atoms with van der Waals surface area (Å²) in [5.74, 6) is -0.177. The van der Waals surface area contributed by atoms with E-state index in [1.165, 1.54) is 135 Å². The number of carbonyl (C=O) groups excluding carboxylic acids is 1. The highest BCUT2D eigenvalue weighted by Crippen LogP contribution is 2.43. The molecule has 0 aliphatic heterocycles. The van der Waals surface area contributed by atoms with Crippen LogP contribution >= 0.6 is 7.82 Å². The second-order valence-corrected chi connectivity index (χ2v) is 17.2. The Kier molecular flexibility index (Phi) is 33.5. The molecular weight excluding hydrogens is 647 g/mol. The third-order valence-electron chi connectivity index (χ3n) is 9.51. The molecule has 3 N–H and O–H groups in total. The number of aliphatic hydroxyl groups is 1. The summed E-state index contributed by atoms with van der Waals surface area (Å²) >= 11 is 0. The Balaban J connectivity index is 4.34. The van der Waals surface area contributed by atoms with Gasteiger partial charge in [-0.25, -0.2) is 4.57 Å². The highest BCUT2D eigenvalue weighted by atomic mass is 31.2. The van der Waals surface area contributed by atoms with Crippen LogP contribution in [-0.4, -0.2) is 73.4 Å². The van der Waals surface area contributed by atoms with Gasteiger partial charge in [0.1, 0.15) is 13.2 Å². The van der Waals surface area contributed by atoms with Gasteiger partial charge < -0.3 is 19.8 Å². The molecule has 0 aromatic rings. The summed E-state index contributed by atoms with van der Waals surface area (Å²) in [5.41, 5.74) is 0. The Morgan fingerprint density at radius 3 is 1.48 bits per heavy atom. The van der Waals surface area contributed by atoms with E-state index in [4.69, 9.17) is 9.05 Å². The van der Waals surface area contributed by atoms with E-state index in [9.17, 15) is 19.4 Å². The molecule has 0 aliphatic carbocycles. The van der Waals surface area contributed by atoms with Gasteiger partial charge in [-0.1, -0.05) is 180 Å². The van der Waals surface area contributed by atoms with Crippen molar-refractivity contribution in [3.05, 3.63) is 12.2 Å². The van der Waals surface area contributed by atoms with Crippen LogP contribution in [0.2, 0.25) is 0 Å². The van der Waals surface area contributed by atoms with Crippen molar-refractivity contribution < 1.29 is 32.9 Å². The molecule has 0 fully saturated rings. The van der Waals surface area contributed by atoms with Gasteiger partial charge in [-0.15, -0.1) is 0 Å². The summed E-state index contributed by atoms with van der Waals surface area (Å²) in [5, 5.41) is 13.7. The molecule has 0 heterocycles. The molecule has 1 unspecified atom stereocenters. The number of nitrogens with zero attached hydrogens (tertiary/aromatic N) is 1. The normalized spacial score (nSPS) is 14.6. The van der Waals surface area contributed by atoms with Gasteiger partial charge >= 0.3 is 7.82 Å². The molecule has 0 aromatic heterocycles. The number of unbranched alkanes of at least 4 members (excludes halogenated alkanes) is 25. The maximum atomic E-state index is 12.8. The average molecular weight is 732 g/mol. The summed E-state index contributed by atoms with van der Waals surface area (Å²) < 4.78 is 23.5. The average Bonchev–Trinajstić information content (AvgIpc) is 3.06. The number of carbonyl (C=O) groups is 1. The molecule has 0 saturated carbocycles. The number of likely N-dealkylation sites (N-methyl/N-ethyl adjacent to an activating group) is 1. The second kappa shape index (κ2) is 34.0. The van der Waals surface area contributed by atoms with Crippen molar-refractivity contribution in [1.82, 2.24) is 5.32 Å². The SMILES string of the molecule is CCCCCCCCCC/C=C/[C@@H](O)[C@H](COP(=O)(O)OCC[N+](C)(C)C)NC(=O)CCCCCCCCCCCCCCCCCCCC. The molecule has 8 nitrogen and oxygen atoms in total. The lowest BCUT2D eigenvalue weighted by molar-refractivity contribution is -0.870. The van der Waals surface area contributed by atoms with Gasteiger partial charge in [0.05, 0.1) is 39.9 Å². The molecule has 0 saturated heterocycles. The maximum Gasteiger partial charge on any atom is 0.472 e. The lowest BCUT2D eigenvalue weighted by Gasteiger charge is -2.25. The molecule has 50 heavy (non-hydrogen) atoms. The van der Waals surface area contributed by atoms with Crippen LogP contribution in [0.25, 0.3) is 0 Å². The highest BCUT2D eigenvalue weighted by molar-refractivity contribution is 7.47. The van der Waals surface area contributed by atoms with Gasteiger partial charge in [0, 0.05) is 6.42 Å². The van der Waals surface area contributed by atoms with Gasteiger partial charge in [-0.05, 0) is 19.3 Å². The van der Waals surface area contributed by atoms with E-state index in [0.29, 0.717) is 17.4 Å². The number of amides is 1. The van der Waals surface area contributed by atoms with Crippen LogP contribution in [0.1, 0.15) is 194 Å². The van der Waals surface area contributed by atoms with Gasteiger partial charge in [0.25, 0.3) is 0 Å². The largest absolute Gasteiger partial charge is 0.472 e. The summed E-state index contributed by atoms with van der Waals surface area (Å²) in [4.78, 5) is 23.0. The zero-order valence-electron chi connectivity index (χ0n) is 33.7. The van der Waals surface area contributed by atoms with E-state index in [1.54, 1.807) is 6.08 Å². The molecule has 0 aromatic carbocycles. The molecule has 298 valence electrons. The van der Waals surface area contributed by atoms with Crippen molar-refractivity contribution in [3.63, 3.8) is 0 Å². The molecule has 0 radical (unpaired) electrons. The minimum atomic E-state index is -4.32. The van der Waals surface area contributed by atoms with E-state index in [2.05, 4.69) is 19.2 Å². The fourth-order valence-electron chi connectivity index (χ4n) is 6.10. The molecular formula is C41H84N2O6P+. The monoisotopic (exact) mass is 732 g/mol. The lowest BCUT2D eigenvalue weighted by atomic mass is 10.0. The molecule has 9 heteroatoms. The number of hydrogen-bond donors (Lipinski definition) is 3. The van der Waals surface area contributed by atoms with Crippen molar-refractivity contribution in [2.45, 2.75) is 206 Å². The zero-order valence-corrected chi connectivity index (χ0v) is 34.5. The third kappa shape index (κ3) is 35.6. The fraction of sp³-hybridized carbons (Fsp3) is 0.927. The maximum absolute atomic E-state index is 12.8. The standard InChI is InChI=1S/C41H83N2O6P/c1-6-8-10-12-14-16-18-19-20-21-22-23-24-25-27-29-31-33-35-41(45)42-39(38-49-50(46,47)48-37-36-43(3,4)5)40(44)34-32-30-28-26-17-15-13-11-9-7-2/h32,34,39-40,44H,6-31,33,35-38H2,1-5H3,(H-,42,45,46,47)/p+1/b34-32+/t39-,40+/m0/s1. The van der Waals surface area contributed by atoms with E-state index >= 15 is 0 Å². The molecule has 0 spiro atoms. The number of nitrogens with one attached hydrogen (secondary N) is 1. The first kappa shape index (κ1) is 49.2. The number of phosphoric ester groups is 1. The van der Waals surface area contributed by atoms with E-state index in [1.807, 2.05) is 27.2 Å². The Morgan fingerprint density at radius 2 is 1.06 bits per heavy atom. The first-order valence-corrected chi connectivity index (χ1v) is 22.6. The Morgan fingerprint density at radius 1 is 0.660 bits per heavy atom. The Hall–Kier alpha value is -0.760. The van der Waals surface area contributed by atoms with Crippen LogP contribution in [-0.2, 0) is 18.4 Å². The fourth-order valence-corrected chi connectivity index (χ4v) is 6.84. The zero-order chi connectivity index (χ0) is 37.2. The summed E-state index contributed by atoms with van der Waals surface area (Å²) in [6.45, 7) is 4.80. The Bertz CT molecular complexity index is 834. The smallest absolute Gasteiger partial charge is 0.387 e. The lowest BCUT2D eigenvalue weighted by Crippen LogP contribution is -2.45. The number of aliphatic hydroxyl groups excluding tert-OH is 1. The van der Waals surface area contributed by atoms with Crippen molar-refractivity contribution in [2.75, 3.05) is 40.9 Å². The van der Waals surface area contributed by atoms with Crippen LogP contribution in [0.4, 0.5) is 0 Å². The predicted molar refractivity (Wildman–Crippen MR) is 212 cm³/mol. The first-order valence-electron chi connectivity index (χ1n) is 21.1. The number of quaternary nitrogens is 1. The Labute approximate surface area is 310 Å². The predicted octanol–water partition coefficient (Wildman–Crippen LogP) is 11.2. The van der Waals surface area contributed by atoms with E-state index in [-0.39, 0.29) is 19.1 Å². The van der Waals surface area contributed by atoms with E-state index in [0.717, 1.165) is 38.5 Å². The van der Waals surface area contributed by atoms with Crippen molar-refractivity contribution in [2.24, 2.45) is 0 Å². The minimum absolute atomic E-state index is 0.0642. The second-order valence-electron chi connectivity index (χ2n) is 15.7. The van der Waals surface area contributed by atoms with Crippen molar-refractivity contribution >= 4 is 13.7 Å². The van der Waals surface area contributed by atoms with Gasteiger partial charge in [-0.3, -0.25) is 13.8 Å². The number of hydrogen-bond acceptors (Lipinski definition) is 5. The minimum Gasteiger partial charge on any atom is -0.387 e. The van der Waals surface area contributed by atoms with Crippen LogP contribution in [0, 0.1) is 0 Å². The van der Waals surface area contributed by atoms with Crippen molar-refractivity contribution in [3.8, 4) is 0 Å². The van der Waals surface area contributed by atoms with Crippen LogP contribution < -0.4 is 5.32 Å². The molecule has 3 atom stereocenters. The van der Waals surface area contributed by atoms with Gasteiger partial charge in [0.15, 0.2) is 0 Å². The topological polar surface area (TPSA) is 105 Å². The molecule has 0 bridgehead atoms. The molecule has 0 rings (SSSR count). The van der Waals surface area contributed by atoms with Gasteiger partial charge in [0.2, 0.25) is 5.91 Å². The molecule has 0 aliphatic rings. The first-order chi connectivity index (χ1) is 24.0. The van der Waals surface area contributed by atoms with Crippen LogP contribution in [0.3, 0.4) is 0 Å². The van der Waals surface area contributed by atoms with Gasteiger partial charge in [-0.2, -0.15) is 0 Å². The van der Waals surface area contributed by atoms with Crippen LogP contribution in [0.15, 0.2) is 12.2 Å². The molecule has 1 amide bonds. The van der Waals surface area contributed by atoms with E-state index < -0.39 is 20.0 Å². The quantitative estimate of drug-likeness (QED) is 0.0253. The number of rotatable bonds is 38. The third-order valence-corrected chi connectivity index (χ3v) is 10.5. The summed E-state index contributed by atoms with van der Waals surface area (Å²) in [6, 6.07) is -0.838.